The topological polar surface area (TPSA) is 131 Å². The summed E-state index contributed by atoms with van der Waals surface area (Å²) in [6.45, 7) is 3.63. The minimum absolute atomic E-state index is 0.0887. The molecule has 0 saturated heterocycles. The molecule has 0 rings (SSSR count). The Morgan fingerprint density at radius 2 is 0.738 bits per heavy atom. The fraction of sp³-hybridized carbons (Fsp3) is 0.961. The molecule has 9 nitrogen and oxygen atoms in total. The van der Waals surface area contributed by atoms with E-state index in [2.05, 4.69) is 19.2 Å². The summed E-state index contributed by atoms with van der Waals surface area (Å²) in [5.74, 6) is -0.497. The third-order valence-corrected chi connectivity index (χ3v) is 13.0. The van der Waals surface area contributed by atoms with Gasteiger partial charge in [0.25, 0.3) is 0 Å². The summed E-state index contributed by atoms with van der Waals surface area (Å²) in [6, 6.07) is 0. The van der Waals surface area contributed by atoms with Crippen LogP contribution in [0.25, 0.3) is 0 Å². The van der Waals surface area contributed by atoms with Gasteiger partial charge in [0, 0.05) is 19.4 Å². The summed E-state index contributed by atoms with van der Waals surface area (Å²) in [5, 5.41) is 12.8. The lowest BCUT2D eigenvalue weighted by Gasteiger charge is -2.15. The molecule has 0 heterocycles. The molecular weight excluding hydrogens is 786 g/mol. The van der Waals surface area contributed by atoms with Crippen molar-refractivity contribution in [1.82, 2.24) is 5.32 Å². The number of hydrogen-bond acceptors (Lipinski definition) is 7. The van der Waals surface area contributed by atoms with Gasteiger partial charge in [-0.15, -0.1) is 0 Å². The highest BCUT2D eigenvalue weighted by atomic mass is 31.2. The van der Waals surface area contributed by atoms with Gasteiger partial charge in [-0.25, -0.2) is 4.57 Å². The summed E-state index contributed by atoms with van der Waals surface area (Å²) in [4.78, 5) is 34.1. The number of phosphoric ester groups is 1. The van der Waals surface area contributed by atoms with Gasteiger partial charge in [0.15, 0.2) is 0 Å². The van der Waals surface area contributed by atoms with Crippen molar-refractivity contribution in [2.45, 2.75) is 290 Å². The molecule has 0 fully saturated rings. The van der Waals surface area contributed by atoms with Gasteiger partial charge in [-0.1, -0.05) is 258 Å². The molecule has 2 atom stereocenters. The van der Waals surface area contributed by atoms with Crippen LogP contribution in [-0.2, 0) is 27.9 Å². The number of unbranched alkanes of at least 4 members (excludes halogenated alkanes) is 38. The summed E-state index contributed by atoms with van der Waals surface area (Å²) >= 11 is 0. The van der Waals surface area contributed by atoms with Crippen LogP contribution in [0.4, 0.5) is 0 Å². The average Bonchev–Trinajstić information content (AvgIpc) is 3.25. The van der Waals surface area contributed by atoms with E-state index < -0.39 is 26.5 Å². The van der Waals surface area contributed by atoms with E-state index >= 15 is 0 Å². The van der Waals surface area contributed by atoms with Crippen LogP contribution in [0.3, 0.4) is 0 Å². The van der Waals surface area contributed by atoms with Crippen LogP contribution >= 0.6 is 7.82 Å². The number of aliphatic hydroxyl groups is 1. The van der Waals surface area contributed by atoms with Crippen LogP contribution < -0.4 is 5.32 Å². The normalized spacial score (nSPS) is 13.0. The van der Waals surface area contributed by atoms with E-state index in [0.29, 0.717) is 12.8 Å². The number of esters is 1. The van der Waals surface area contributed by atoms with Gasteiger partial charge < -0.3 is 20.1 Å². The molecule has 0 aliphatic carbocycles. The number of rotatable bonds is 51. The maximum Gasteiger partial charge on any atom is 0.472 e. The van der Waals surface area contributed by atoms with Crippen LogP contribution in [-0.4, -0.2) is 54.3 Å². The number of nitrogens with one attached hydrogen (secondary N) is 1. The highest BCUT2D eigenvalue weighted by Crippen LogP contribution is 2.42. The second kappa shape index (κ2) is 48.5. The van der Waals surface area contributed by atoms with E-state index in [1.165, 1.54) is 218 Å². The predicted octanol–water partition coefficient (Wildman–Crippen LogP) is 15.6. The third kappa shape index (κ3) is 49.9. The Balaban J connectivity index is 3.49. The summed E-state index contributed by atoms with van der Waals surface area (Å²) in [5.41, 5.74) is 0. The molecule has 1 amide bonds. The second-order valence-electron chi connectivity index (χ2n) is 18.2. The quantitative estimate of drug-likeness (QED) is 0.0313. The van der Waals surface area contributed by atoms with Gasteiger partial charge >= 0.3 is 13.8 Å². The fourth-order valence-electron chi connectivity index (χ4n) is 8.03. The summed E-state index contributed by atoms with van der Waals surface area (Å²) in [7, 11) is -4.41. The number of hydrogen-bond donors (Lipinski definition) is 3. The Bertz CT molecular complexity index is 969. The number of phosphoric acid groups is 1. The Morgan fingerprint density at radius 1 is 0.443 bits per heavy atom. The summed E-state index contributed by atoms with van der Waals surface area (Å²) < 4.78 is 27.0. The first kappa shape index (κ1) is 60.0. The number of aliphatic hydroxyl groups excluding tert-OH is 1. The molecular formula is C51H102NO8P. The van der Waals surface area contributed by atoms with Crippen molar-refractivity contribution in [1.29, 1.82) is 0 Å². The lowest BCUT2D eigenvalue weighted by Crippen LogP contribution is -2.27. The molecule has 0 aromatic heterocycles. The largest absolute Gasteiger partial charge is 0.472 e. The minimum atomic E-state index is -4.41. The molecule has 0 aliphatic heterocycles. The standard InChI is InChI=1S/C51H102NO8P/c1-3-5-7-9-11-13-15-17-19-21-22-23-24-25-26-28-30-32-34-36-38-40-42-44-51(55)58-47-49(53)48-60-61(56,57)59-46-45-52-50(54)43-41-39-37-35-33-31-29-27-20-18-16-14-12-10-8-6-4-2/h49,53H,3-48H2,1-2H3,(H,52,54)(H,56,57). The van der Waals surface area contributed by atoms with Crippen molar-refractivity contribution in [3.63, 3.8) is 0 Å². The molecule has 0 bridgehead atoms. The van der Waals surface area contributed by atoms with Crippen molar-refractivity contribution in [2.24, 2.45) is 0 Å². The lowest BCUT2D eigenvalue weighted by atomic mass is 10.0. The molecule has 0 spiro atoms. The zero-order valence-electron chi connectivity index (χ0n) is 40.4. The molecule has 0 radical (unpaired) electrons. The minimum Gasteiger partial charge on any atom is -0.463 e. The highest BCUT2D eigenvalue weighted by Gasteiger charge is 2.23. The monoisotopic (exact) mass is 888 g/mol. The van der Waals surface area contributed by atoms with Gasteiger partial charge in [0.05, 0.1) is 13.2 Å². The van der Waals surface area contributed by atoms with E-state index in [-0.39, 0.29) is 25.7 Å². The van der Waals surface area contributed by atoms with Crippen molar-refractivity contribution in [3.05, 3.63) is 0 Å². The number of carbonyl (C=O) groups is 2. The Kier molecular flexibility index (Phi) is 47.7. The van der Waals surface area contributed by atoms with Gasteiger partial charge in [0.1, 0.15) is 12.7 Å². The fourth-order valence-corrected chi connectivity index (χ4v) is 8.79. The smallest absolute Gasteiger partial charge is 0.463 e. The highest BCUT2D eigenvalue weighted by molar-refractivity contribution is 7.47. The Morgan fingerprint density at radius 3 is 1.07 bits per heavy atom. The predicted molar refractivity (Wildman–Crippen MR) is 257 cm³/mol. The molecule has 0 aromatic rings. The second-order valence-corrected chi connectivity index (χ2v) is 19.7. The van der Waals surface area contributed by atoms with E-state index in [9.17, 15) is 24.2 Å². The maximum atomic E-state index is 12.1. The number of ether oxygens (including phenoxy) is 1. The van der Waals surface area contributed by atoms with Crippen LogP contribution in [0, 0.1) is 0 Å². The Hall–Kier alpha value is -0.990. The molecule has 0 aromatic carbocycles. The zero-order chi connectivity index (χ0) is 44.6. The Labute approximate surface area is 377 Å². The first-order valence-electron chi connectivity index (χ1n) is 26.5. The van der Waals surface area contributed by atoms with Crippen LogP contribution in [0.1, 0.15) is 284 Å². The van der Waals surface area contributed by atoms with Crippen LogP contribution in [0.15, 0.2) is 0 Å². The molecule has 0 saturated carbocycles. The van der Waals surface area contributed by atoms with Crippen LogP contribution in [0.5, 0.6) is 0 Å². The average molecular weight is 888 g/mol. The van der Waals surface area contributed by atoms with Gasteiger partial charge in [-0.3, -0.25) is 18.6 Å². The van der Waals surface area contributed by atoms with Crippen molar-refractivity contribution >= 4 is 19.7 Å². The van der Waals surface area contributed by atoms with E-state index in [0.717, 1.165) is 38.5 Å². The number of carbonyl (C=O) groups excluding carboxylic acids is 2. The molecule has 61 heavy (non-hydrogen) atoms. The van der Waals surface area contributed by atoms with Gasteiger partial charge in [-0.2, -0.15) is 0 Å². The summed E-state index contributed by atoms with van der Waals surface area (Å²) in [6.07, 6.45) is 51.9. The first-order chi connectivity index (χ1) is 29.8. The van der Waals surface area contributed by atoms with Crippen molar-refractivity contribution < 1.29 is 37.9 Å². The molecule has 10 heteroatoms. The molecule has 364 valence electrons. The first-order valence-corrected chi connectivity index (χ1v) is 28.0. The molecule has 2 unspecified atom stereocenters. The lowest BCUT2D eigenvalue weighted by molar-refractivity contribution is -0.147. The third-order valence-electron chi connectivity index (χ3n) is 12.0. The van der Waals surface area contributed by atoms with E-state index in [1.807, 2.05) is 0 Å². The number of amides is 1. The van der Waals surface area contributed by atoms with Crippen molar-refractivity contribution in [3.8, 4) is 0 Å². The van der Waals surface area contributed by atoms with Gasteiger partial charge in [-0.05, 0) is 12.8 Å². The SMILES string of the molecule is CCCCCCCCCCCCCCCCCCCCCCCCCC(=O)OCC(O)COP(=O)(O)OCCNC(=O)CCCCCCCCCCCCCCCCCCC. The van der Waals surface area contributed by atoms with Gasteiger partial charge in [0.2, 0.25) is 5.91 Å². The van der Waals surface area contributed by atoms with E-state index in [4.69, 9.17) is 13.8 Å². The zero-order valence-corrected chi connectivity index (χ0v) is 41.3. The molecule has 0 aliphatic rings. The van der Waals surface area contributed by atoms with Crippen molar-refractivity contribution in [2.75, 3.05) is 26.4 Å². The van der Waals surface area contributed by atoms with E-state index in [1.54, 1.807) is 0 Å². The molecule has 3 N–H and O–H groups in total. The van der Waals surface area contributed by atoms with Crippen LogP contribution in [0.2, 0.25) is 0 Å². The maximum absolute atomic E-state index is 12.1.